The maximum atomic E-state index is 10.8. The third-order valence-corrected chi connectivity index (χ3v) is 1.48. The summed E-state index contributed by atoms with van der Waals surface area (Å²) in [6, 6.07) is 0. The van der Waals surface area contributed by atoms with Gasteiger partial charge in [-0.25, -0.2) is 0 Å². The Hall–Kier alpha value is -0.610. The number of rotatable bonds is 3. The number of hydrogen-bond donors (Lipinski definition) is 2. The van der Waals surface area contributed by atoms with Crippen molar-refractivity contribution in [2.45, 2.75) is 0 Å². The summed E-state index contributed by atoms with van der Waals surface area (Å²) in [7, 11) is 0. The lowest BCUT2D eigenvalue weighted by molar-refractivity contribution is -0.115. The zero-order chi connectivity index (χ0) is 8.85. The number of nitrogens with one attached hydrogen (secondary N) is 1. The van der Waals surface area contributed by atoms with E-state index in [1.807, 2.05) is 0 Å². The van der Waals surface area contributed by atoms with E-state index < -0.39 is 0 Å². The number of halogens is 1. The van der Waals surface area contributed by atoms with Crippen LogP contribution >= 0.6 is 23.4 Å². The minimum atomic E-state index is -0.364. The SMILES string of the molecule is C=C(NC(=O)/C=C(\N)Cl)SC. The molecule has 11 heavy (non-hydrogen) atoms. The van der Waals surface area contributed by atoms with E-state index in [0.29, 0.717) is 5.03 Å². The standard InChI is InChI=1S/C6H9ClN2OS/c1-4(11-2)9-6(10)3-5(7)8/h3H,1,8H2,2H3,(H,9,10)/b5-3-. The lowest BCUT2D eigenvalue weighted by atomic mass is 10.5. The van der Waals surface area contributed by atoms with Crippen LogP contribution in [0.2, 0.25) is 0 Å². The summed E-state index contributed by atoms with van der Waals surface area (Å²) in [4.78, 5) is 10.8. The number of carbonyl (C=O) groups excluding carboxylic acids is 1. The van der Waals surface area contributed by atoms with Gasteiger partial charge in [0, 0.05) is 6.08 Å². The molecule has 0 aromatic heterocycles. The first-order valence-electron chi connectivity index (χ1n) is 2.73. The number of nitrogens with two attached hydrogens (primary N) is 1. The van der Waals surface area contributed by atoms with Gasteiger partial charge in [-0.1, -0.05) is 18.2 Å². The van der Waals surface area contributed by atoms with Gasteiger partial charge in [0.05, 0.1) is 5.03 Å². The summed E-state index contributed by atoms with van der Waals surface area (Å²) in [5, 5.41) is 2.96. The van der Waals surface area contributed by atoms with Crippen LogP contribution in [0.15, 0.2) is 22.8 Å². The van der Waals surface area contributed by atoms with Crippen molar-refractivity contribution in [1.29, 1.82) is 0 Å². The Kier molecular flexibility index (Phi) is 4.81. The molecule has 0 fully saturated rings. The molecule has 0 aromatic rings. The van der Waals surface area contributed by atoms with E-state index >= 15 is 0 Å². The number of carbonyl (C=O) groups is 1. The summed E-state index contributed by atoms with van der Waals surface area (Å²) in [6.07, 6.45) is 2.89. The van der Waals surface area contributed by atoms with Gasteiger partial charge >= 0.3 is 0 Å². The molecule has 0 bridgehead atoms. The normalized spacial score (nSPS) is 10.9. The molecular formula is C6H9ClN2OS. The summed E-state index contributed by atoms with van der Waals surface area (Å²) in [5.74, 6) is -0.364. The summed E-state index contributed by atoms with van der Waals surface area (Å²) < 4.78 is 0. The molecule has 0 saturated carbocycles. The molecule has 0 aliphatic carbocycles. The summed E-state index contributed by atoms with van der Waals surface area (Å²) >= 11 is 6.58. The molecule has 0 saturated heterocycles. The van der Waals surface area contributed by atoms with Crippen LogP contribution in [0.3, 0.4) is 0 Å². The van der Waals surface area contributed by atoms with Crippen LogP contribution in [0, 0.1) is 0 Å². The quantitative estimate of drug-likeness (QED) is 0.518. The summed E-state index contributed by atoms with van der Waals surface area (Å²) in [6.45, 7) is 3.54. The minimum absolute atomic E-state index is 0.0450. The molecule has 62 valence electrons. The Morgan fingerprint density at radius 3 is 2.73 bits per heavy atom. The highest BCUT2D eigenvalue weighted by atomic mass is 35.5. The fourth-order valence-electron chi connectivity index (χ4n) is 0.350. The van der Waals surface area contributed by atoms with Gasteiger partial charge in [-0.05, 0) is 6.26 Å². The fraction of sp³-hybridized carbons (Fsp3) is 0.167. The molecule has 3 nitrogen and oxygen atoms in total. The molecule has 0 aromatic carbocycles. The van der Waals surface area contributed by atoms with Gasteiger partial charge in [0.15, 0.2) is 0 Å². The first-order chi connectivity index (χ1) is 5.06. The van der Waals surface area contributed by atoms with Crippen LogP contribution < -0.4 is 11.1 Å². The Labute approximate surface area is 74.7 Å². The molecule has 0 spiro atoms. The molecule has 1 amide bonds. The van der Waals surface area contributed by atoms with Gasteiger partial charge in [0.1, 0.15) is 5.16 Å². The lowest BCUT2D eigenvalue weighted by Crippen LogP contribution is -2.18. The van der Waals surface area contributed by atoms with E-state index in [1.54, 1.807) is 6.26 Å². The molecule has 0 atom stereocenters. The van der Waals surface area contributed by atoms with Crippen LogP contribution in [0.1, 0.15) is 0 Å². The zero-order valence-corrected chi connectivity index (χ0v) is 7.63. The number of amides is 1. The predicted molar refractivity (Wildman–Crippen MR) is 48.9 cm³/mol. The van der Waals surface area contributed by atoms with Crippen molar-refractivity contribution < 1.29 is 4.79 Å². The van der Waals surface area contributed by atoms with Gasteiger partial charge in [0.25, 0.3) is 5.91 Å². The summed E-state index contributed by atoms with van der Waals surface area (Å²) in [5.41, 5.74) is 5.04. The highest BCUT2D eigenvalue weighted by molar-refractivity contribution is 8.02. The van der Waals surface area contributed by atoms with Crippen LogP contribution in [0.25, 0.3) is 0 Å². The highest BCUT2D eigenvalue weighted by Gasteiger charge is 1.97. The third-order valence-electron chi connectivity index (χ3n) is 0.778. The second kappa shape index (κ2) is 5.09. The van der Waals surface area contributed by atoms with Crippen LogP contribution in [-0.4, -0.2) is 12.2 Å². The van der Waals surface area contributed by atoms with Gasteiger partial charge in [-0.2, -0.15) is 0 Å². The minimum Gasteiger partial charge on any atom is -0.389 e. The monoisotopic (exact) mass is 192 g/mol. The molecule has 0 heterocycles. The largest absolute Gasteiger partial charge is 0.389 e. The molecule has 0 unspecified atom stereocenters. The molecule has 5 heteroatoms. The molecule has 0 rings (SSSR count). The maximum absolute atomic E-state index is 10.8. The Balaban J connectivity index is 3.89. The van der Waals surface area contributed by atoms with Crippen LogP contribution in [-0.2, 0) is 4.79 Å². The zero-order valence-electron chi connectivity index (χ0n) is 6.06. The highest BCUT2D eigenvalue weighted by Crippen LogP contribution is 2.03. The first kappa shape index (κ1) is 10.4. The average molecular weight is 193 g/mol. The first-order valence-corrected chi connectivity index (χ1v) is 4.33. The Morgan fingerprint density at radius 2 is 2.36 bits per heavy atom. The second-order valence-electron chi connectivity index (χ2n) is 1.65. The molecule has 0 aliphatic heterocycles. The van der Waals surface area contributed by atoms with E-state index in [0.717, 1.165) is 6.08 Å². The van der Waals surface area contributed by atoms with Crippen LogP contribution in [0.4, 0.5) is 0 Å². The lowest BCUT2D eigenvalue weighted by Gasteiger charge is -2.00. The molecule has 0 radical (unpaired) electrons. The Morgan fingerprint density at radius 1 is 1.82 bits per heavy atom. The maximum Gasteiger partial charge on any atom is 0.251 e. The molecule has 3 N–H and O–H groups in total. The fourth-order valence-corrected chi connectivity index (χ4v) is 0.652. The third kappa shape index (κ3) is 5.82. The average Bonchev–Trinajstić information content (AvgIpc) is 1.85. The van der Waals surface area contributed by atoms with E-state index in [-0.39, 0.29) is 11.1 Å². The predicted octanol–water partition coefficient (Wildman–Crippen LogP) is 0.976. The van der Waals surface area contributed by atoms with E-state index in [4.69, 9.17) is 17.3 Å². The van der Waals surface area contributed by atoms with Gasteiger partial charge in [-0.3, -0.25) is 4.79 Å². The van der Waals surface area contributed by atoms with Crippen molar-refractivity contribution in [3.8, 4) is 0 Å². The van der Waals surface area contributed by atoms with Crippen molar-refractivity contribution in [2.75, 3.05) is 6.26 Å². The number of hydrogen-bond acceptors (Lipinski definition) is 3. The van der Waals surface area contributed by atoms with E-state index in [1.165, 1.54) is 11.8 Å². The second-order valence-corrected chi connectivity index (χ2v) is 2.98. The van der Waals surface area contributed by atoms with Crippen molar-refractivity contribution in [2.24, 2.45) is 5.73 Å². The Bertz CT molecular complexity index is 199. The van der Waals surface area contributed by atoms with Gasteiger partial charge in [-0.15, -0.1) is 11.8 Å². The van der Waals surface area contributed by atoms with Crippen LogP contribution in [0.5, 0.6) is 0 Å². The topological polar surface area (TPSA) is 55.1 Å². The smallest absolute Gasteiger partial charge is 0.251 e. The van der Waals surface area contributed by atoms with Crippen molar-refractivity contribution in [3.63, 3.8) is 0 Å². The van der Waals surface area contributed by atoms with E-state index in [9.17, 15) is 4.79 Å². The van der Waals surface area contributed by atoms with E-state index in [2.05, 4.69) is 11.9 Å². The van der Waals surface area contributed by atoms with Crippen molar-refractivity contribution in [3.05, 3.63) is 22.8 Å². The molecular weight excluding hydrogens is 184 g/mol. The molecule has 0 aliphatic rings. The number of thioether (sulfide) groups is 1. The van der Waals surface area contributed by atoms with Crippen molar-refractivity contribution in [1.82, 2.24) is 5.32 Å². The van der Waals surface area contributed by atoms with Crippen molar-refractivity contribution >= 4 is 29.3 Å². The van der Waals surface area contributed by atoms with Gasteiger partial charge in [0.2, 0.25) is 0 Å². The van der Waals surface area contributed by atoms with Gasteiger partial charge < -0.3 is 11.1 Å².